The quantitative estimate of drug-likeness (QED) is 0.321. The van der Waals surface area contributed by atoms with Gasteiger partial charge in [-0.3, -0.25) is 4.79 Å². The smallest absolute Gasteiger partial charge is 0.233 e. The molecule has 0 spiro atoms. The normalized spacial score (nSPS) is 17.9. The first kappa shape index (κ1) is 21.9. The lowest BCUT2D eigenvalue weighted by atomic mass is 10.0. The van der Waals surface area contributed by atoms with Gasteiger partial charge in [-0.05, 0) is 6.42 Å². The average molecular weight is 356 g/mol. The molecule has 1 rings (SSSR count). The van der Waals surface area contributed by atoms with Gasteiger partial charge >= 0.3 is 0 Å². The number of nitrogens with one attached hydrogen (secondary N) is 1. The second kappa shape index (κ2) is 16.3. The van der Waals surface area contributed by atoms with E-state index in [9.17, 15) is 4.79 Å². The van der Waals surface area contributed by atoms with Crippen LogP contribution in [0.25, 0.3) is 0 Å². The van der Waals surface area contributed by atoms with Gasteiger partial charge in [0, 0.05) is 12.3 Å². The maximum Gasteiger partial charge on any atom is 0.233 e. The topological polar surface area (TPSA) is 29.1 Å². The van der Waals surface area contributed by atoms with Crippen molar-refractivity contribution in [3.63, 3.8) is 0 Å². The molecule has 1 amide bonds. The van der Waals surface area contributed by atoms with Gasteiger partial charge in [0.25, 0.3) is 0 Å². The molecule has 0 aliphatic carbocycles. The third kappa shape index (κ3) is 12.2. The van der Waals surface area contributed by atoms with Crippen molar-refractivity contribution in [1.29, 1.82) is 0 Å². The van der Waals surface area contributed by atoms with Gasteiger partial charge in [-0.15, -0.1) is 11.8 Å². The Balaban J connectivity index is 1.72. The van der Waals surface area contributed by atoms with Crippen molar-refractivity contribution in [3.8, 4) is 0 Å². The molecule has 1 N–H and O–H groups in total. The molecule has 0 aromatic rings. The molecule has 0 bridgehead atoms. The maximum atomic E-state index is 11.6. The summed E-state index contributed by atoms with van der Waals surface area (Å²) in [5, 5.41) is 3.21. The Bertz CT molecular complexity index is 296. The van der Waals surface area contributed by atoms with Crippen LogP contribution in [0.5, 0.6) is 0 Å². The molecule has 24 heavy (non-hydrogen) atoms. The Morgan fingerprint density at radius 2 is 1.25 bits per heavy atom. The SMILES string of the molecule is CCCCCCCCCCCCCCCCCC1SCCNC1=O. The van der Waals surface area contributed by atoms with E-state index in [0.717, 1.165) is 18.7 Å². The van der Waals surface area contributed by atoms with Crippen LogP contribution in [-0.2, 0) is 4.79 Å². The fourth-order valence-electron chi connectivity index (χ4n) is 3.48. The van der Waals surface area contributed by atoms with Crippen molar-refractivity contribution < 1.29 is 4.79 Å². The Morgan fingerprint density at radius 3 is 1.71 bits per heavy atom. The lowest BCUT2D eigenvalue weighted by Crippen LogP contribution is -2.39. The minimum atomic E-state index is 0.237. The van der Waals surface area contributed by atoms with Gasteiger partial charge in [-0.1, -0.05) is 103 Å². The minimum absolute atomic E-state index is 0.237. The summed E-state index contributed by atoms with van der Waals surface area (Å²) in [5.41, 5.74) is 0. The van der Waals surface area contributed by atoms with Crippen LogP contribution in [-0.4, -0.2) is 23.5 Å². The summed E-state index contributed by atoms with van der Waals surface area (Å²) in [6, 6.07) is 0. The minimum Gasteiger partial charge on any atom is -0.354 e. The molecular weight excluding hydrogens is 314 g/mol. The summed E-state index contributed by atoms with van der Waals surface area (Å²) in [5.74, 6) is 1.37. The number of unbranched alkanes of at least 4 members (excludes halogenated alkanes) is 14. The second-order valence-electron chi connectivity index (χ2n) is 7.39. The van der Waals surface area contributed by atoms with E-state index in [0.29, 0.717) is 0 Å². The number of amides is 1. The lowest BCUT2D eigenvalue weighted by Gasteiger charge is -2.21. The van der Waals surface area contributed by atoms with Crippen LogP contribution in [0.3, 0.4) is 0 Å². The van der Waals surface area contributed by atoms with Crippen LogP contribution in [0.1, 0.15) is 110 Å². The first-order valence-electron chi connectivity index (χ1n) is 10.7. The van der Waals surface area contributed by atoms with Crippen LogP contribution >= 0.6 is 11.8 Å². The zero-order chi connectivity index (χ0) is 17.3. The van der Waals surface area contributed by atoms with Crippen LogP contribution < -0.4 is 5.32 Å². The molecular formula is C21H41NOS. The third-order valence-electron chi connectivity index (χ3n) is 5.08. The number of thioether (sulfide) groups is 1. The maximum absolute atomic E-state index is 11.6. The zero-order valence-electron chi connectivity index (χ0n) is 16.1. The number of hydrogen-bond acceptors (Lipinski definition) is 2. The summed E-state index contributed by atoms with van der Waals surface area (Å²) in [6.45, 7) is 3.15. The number of carbonyl (C=O) groups excluding carboxylic acids is 1. The first-order chi connectivity index (χ1) is 11.8. The molecule has 3 heteroatoms. The van der Waals surface area contributed by atoms with Gasteiger partial charge < -0.3 is 5.32 Å². The summed E-state index contributed by atoms with van der Waals surface area (Å²) >= 11 is 1.85. The molecule has 1 fully saturated rings. The largest absolute Gasteiger partial charge is 0.354 e. The Morgan fingerprint density at radius 1 is 0.792 bits per heavy atom. The molecule has 1 saturated heterocycles. The molecule has 1 heterocycles. The van der Waals surface area contributed by atoms with Crippen molar-refractivity contribution in [2.75, 3.05) is 12.3 Å². The van der Waals surface area contributed by atoms with Gasteiger partial charge in [0.15, 0.2) is 0 Å². The monoisotopic (exact) mass is 355 g/mol. The fourth-order valence-corrected chi connectivity index (χ4v) is 4.55. The Hall–Kier alpha value is -0.180. The van der Waals surface area contributed by atoms with E-state index in [1.807, 2.05) is 11.8 Å². The summed E-state index contributed by atoms with van der Waals surface area (Å²) < 4.78 is 0. The van der Waals surface area contributed by atoms with E-state index < -0.39 is 0 Å². The molecule has 1 atom stereocenters. The van der Waals surface area contributed by atoms with E-state index >= 15 is 0 Å². The van der Waals surface area contributed by atoms with E-state index in [-0.39, 0.29) is 11.2 Å². The van der Waals surface area contributed by atoms with Crippen molar-refractivity contribution in [2.24, 2.45) is 0 Å². The molecule has 1 unspecified atom stereocenters. The lowest BCUT2D eigenvalue weighted by molar-refractivity contribution is -0.120. The van der Waals surface area contributed by atoms with Crippen LogP contribution in [0.2, 0.25) is 0 Å². The predicted molar refractivity (Wildman–Crippen MR) is 109 cm³/mol. The molecule has 0 radical (unpaired) electrons. The third-order valence-corrected chi connectivity index (χ3v) is 6.37. The highest BCUT2D eigenvalue weighted by Crippen LogP contribution is 2.21. The Labute approximate surface area is 155 Å². The second-order valence-corrected chi connectivity index (χ2v) is 8.70. The van der Waals surface area contributed by atoms with Crippen molar-refractivity contribution in [1.82, 2.24) is 5.32 Å². The van der Waals surface area contributed by atoms with Crippen molar-refractivity contribution >= 4 is 17.7 Å². The molecule has 1 aliphatic heterocycles. The van der Waals surface area contributed by atoms with E-state index in [2.05, 4.69) is 12.2 Å². The highest BCUT2D eigenvalue weighted by atomic mass is 32.2. The van der Waals surface area contributed by atoms with Gasteiger partial charge in [-0.25, -0.2) is 0 Å². The number of carbonyl (C=O) groups is 1. The van der Waals surface area contributed by atoms with Crippen molar-refractivity contribution in [2.45, 2.75) is 115 Å². The highest BCUT2D eigenvalue weighted by molar-refractivity contribution is 8.00. The molecule has 1 aliphatic rings. The van der Waals surface area contributed by atoms with E-state index in [1.54, 1.807) is 0 Å². The highest BCUT2D eigenvalue weighted by Gasteiger charge is 2.21. The predicted octanol–water partition coefficient (Wildman–Crippen LogP) is 6.48. The van der Waals surface area contributed by atoms with Gasteiger partial charge in [0.2, 0.25) is 5.91 Å². The summed E-state index contributed by atoms with van der Waals surface area (Å²) in [7, 11) is 0. The molecule has 2 nitrogen and oxygen atoms in total. The standard InChI is InChI=1S/C21H41NOS/c1-2-3-4-5-6-7-8-9-10-11-12-13-14-15-16-17-20-21(23)22-18-19-24-20/h20H,2-19H2,1H3,(H,22,23). The van der Waals surface area contributed by atoms with Crippen LogP contribution in [0.4, 0.5) is 0 Å². The molecule has 142 valence electrons. The van der Waals surface area contributed by atoms with E-state index in [4.69, 9.17) is 0 Å². The van der Waals surface area contributed by atoms with Crippen LogP contribution in [0.15, 0.2) is 0 Å². The zero-order valence-corrected chi connectivity index (χ0v) is 16.9. The van der Waals surface area contributed by atoms with Gasteiger partial charge in [0.05, 0.1) is 5.25 Å². The fraction of sp³-hybridized carbons (Fsp3) is 0.952. The average Bonchev–Trinajstić information content (AvgIpc) is 2.60. The van der Waals surface area contributed by atoms with Crippen molar-refractivity contribution in [3.05, 3.63) is 0 Å². The Kier molecular flexibility index (Phi) is 14.8. The molecule has 0 aromatic heterocycles. The van der Waals surface area contributed by atoms with Gasteiger partial charge in [0.1, 0.15) is 0 Å². The van der Waals surface area contributed by atoms with Crippen LogP contribution in [0, 0.1) is 0 Å². The first-order valence-corrected chi connectivity index (χ1v) is 11.8. The molecule has 0 saturated carbocycles. The van der Waals surface area contributed by atoms with E-state index in [1.165, 1.54) is 96.3 Å². The summed E-state index contributed by atoms with van der Waals surface area (Å²) in [6.07, 6.45) is 22.1. The summed E-state index contributed by atoms with van der Waals surface area (Å²) in [4.78, 5) is 11.6. The number of hydrogen-bond donors (Lipinski definition) is 1. The molecule has 0 aromatic carbocycles. The number of rotatable bonds is 16. The van der Waals surface area contributed by atoms with Gasteiger partial charge in [-0.2, -0.15) is 0 Å².